The van der Waals surface area contributed by atoms with Gasteiger partial charge in [0.1, 0.15) is 29.1 Å². The molecule has 0 bridgehead atoms. The van der Waals surface area contributed by atoms with Crippen LogP contribution in [0.15, 0.2) is 79.4 Å². The molecule has 0 aromatic heterocycles. The predicted octanol–water partition coefficient (Wildman–Crippen LogP) is 7.43. The average molecular weight is 466 g/mol. The number of allylic oxidation sites excluding steroid dienone is 1. The molecule has 0 spiro atoms. The van der Waals surface area contributed by atoms with Gasteiger partial charge in [-0.1, -0.05) is 48.2 Å². The van der Waals surface area contributed by atoms with Gasteiger partial charge >= 0.3 is 0 Å². The van der Waals surface area contributed by atoms with Crippen molar-refractivity contribution in [1.82, 2.24) is 0 Å². The van der Waals surface area contributed by atoms with Crippen molar-refractivity contribution in [3.63, 3.8) is 0 Å². The van der Waals surface area contributed by atoms with E-state index < -0.39 is 17.2 Å². The van der Waals surface area contributed by atoms with Crippen LogP contribution < -0.4 is 0 Å². The molecule has 0 saturated carbocycles. The molecule has 0 aliphatic heterocycles. The zero-order valence-corrected chi connectivity index (χ0v) is 19.0. The van der Waals surface area contributed by atoms with Gasteiger partial charge in [-0.15, -0.1) is 6.58 Å². The van der Waals surface area contributed by atoms with E-state index in [1.807, 2.05) is 30.3 Å². The highest BCUT2D eigenvalue weighted by molar-refractivity contribution is 5.85. The van der Waals surface area contributed by atoms with E-state index in [9.17, 15) is 8.78 Å². The van der Waals surface area contributed by atoms with Gasteiger partial charge in [0, 0.05) is 16.5 Å². The van der Waals surface area contributed by atoms with Gasteiger partial charge in [0.25, 0.3) is 0 Å². The Balaban J connectivity index is 1.50. The molecule has 0 radical (unpaired) electrons. The fourth-order valence-corrected chi connectivity index (χ4v) is 3.93. The van der Waals surface area contributed by atoms with Gasteiger partial charge in [-0.2, -0.15) is 5.26 Å². The molecule has 1 nitrogen and oxygen atoms in total. The quantitative estimate of drug-likeness (QED) is 0.215. The van der Waals surface area contributed by atoms with Crippen molar-refractivity contribution >= 4 is 10.8 Å². The number of hydrogen-bond acceptors (Lipinski definition) is 1. The van der Waals surface area contributed by atoms with Crippen LogP contribution >= 0.6 is 0 Å². The summed E-state index contributed by atoms with van der Waals surface area (Å²) in [5.74, 6) is 4.12. The molecule has 0 saturated heterocycles. The number of aryl methyl sites for hydroxylation is 3. The average Bonchev–Trinajstić information content (AvgIpc) is 2.86. The molecule has 0 atom stereocenters. The molecule has 4 rings (SSSR count). The summed E-state index contributed by atoms with van der Waals surface area (Å²) in [5, 5.41) is 9.99. The van der Waals surface area contributed by atoms with Crippen LogP contribution in [0.1, 0.15) is 39.8 Å². The largest absolute Gasteiger partial charge is 0.206 e. The summed E-state index contributed by atoms with van der Waals surface area (Å²) < 4.78 is 42.8. The summed E-state index contributed by atoms with van der Waals surface area (Å²) in [6.45, 7) is 3.74. The molecular formula is C31H22F3N. The molecule has 0 aliphatic carbocycles. The molecule has 4 aromatic carbocycles. The van der Waals surface area contributed by atoms with E-state index in [-0.39, 0.29) is 18.7 Å². The third-order valence-electron chi connectivity index (χ3n) is 5.87. The number of nitriles is 1. The van der Waals surface area contributed by atoms with Crippen LogP contribution in [0.5, 0.6) is 0 Å². The Hall–Kier alpha value is -4.28. The highest BCUT2D eigenvalue weighted by atomic mass is 19.1. The summed E-state index contributed by atoms with van der Waals surface area (Å²) in [6.07, 6.45) is 4.31. The van der Waals surface area contributed by atoms with Crippen LogP contribution in [-0.2, 0) is 19.3 Å². The normalized spacial score (nSPS) is 10.5. The van der Waals surface area contributed by atoms with Crippen molar-refractivity contribution in [3.05, 3.63) is 130 Å². The maximum atomic E-state index is 15.1. The molecule has 4 heteroatoms. The predicted molar refractivity (Wildman–Crippen MR) is 133 cm³/mol. The fraction of sp³-hybridized carbons (Fsp3) is 0.129. The summed E-state index contributed by atoms with van der Waals surface area (Å²) in [5.41, 5.74) is 3.15. The minimum Gasteiger partial charge on any atom is -0.206 e. The first-order valence-corrected chi connectivity index (χ1v) is 11.3. The van der Waals surface area contributed by atoms with Crippen molar-refractivity contribution in [2.24, 2.45) is 0 Å². The van der Waals surface area contributed by atoms with E-state index in [1.165, 1.54) is 11.6 Å². The van der Waals surface area contributed by atoms with E-state index >= 15 is 4.39 Å². The van der Waals surface area contributed by atoms with Crippen LogP contribution in [0.3, 0.4) is 0 Å². The van der Waals surface area contributed by atoms with Gasteiger partial charge < -0.3 is 0 Å². The SMILES string of the molecule is C=CCCc1ccc(C#Cc2ccc3c(F)c(CCc4cc(F)c(C#N)c(F)c4)ccc3c2)cc1. The molecule has 0 N–H and O–H groups in total. The third kappa shape index (κ3) is 5.62. The lowest BCUT2D eigenvalue weighted by Gasteiger charge is -2.08. The molecule has 35 heavy (non-hydrogen) atoms. The lowest BCUT2D eigenvalue weighted by Crippen LogP contribution is -1.99. The van der Waals surface area contributed by atoms with Crippen LogP contribution in [0.25, 0.3) is 10.8 Å². The molecule has 0 heterocycles. The van der Waals surface area contributed by atoms with Crippen LogP contribution in [0, 0.1) is 40.6 Å². The minimum atomic E-state index is -0.904. The molecule has 172 valence electrons. The second-order valence-corrected chi connectivity index (χ2v) is 8.30. The number of nitrogens with zero attached hydrogens (tertiary/aromatic N) is 1. The van der Waals surface area contributed by atoms with E-state index in [0.717, 1.165) is 41.5 Å². The maximum Gasteiger partial charge on any atom is 0.144 e. The maximum absolute atomic E-state index is 15.1. The molecular weight excluding hydrogens is 443 g/mol. The summed E-state index contributed by atoms with van der Waals surface area (Å²) in [4.78, 5) is 0. The van der Waals surface area contributed by atoms with Crippen LogP contribution in [0.2, 0.25) is 0 Å². The monoisotopic (exact) mass is 465 g/mol. The Bertz CT molecular complexity index is 1480. The van der Waals surface area contributed by atoms with Gasteiger partial charge in [-0.05, 0) is 84.2 Å². The summed E-state index contributed by atoms with van der Waals surface area (Å²) in [7, 11) is 0. The molecule has 0 aliphatic rings. The highest BCUT2D eigenvalue weighted by Crippen LogP contribution is 2.24. The van der Waals surface area contributed by atoms with Crippen LogP contribution in [0.4, 0.5) is 13.2 Å². The highest BCUT2D eigenvalue weighted by Gasteiger charge is 2.12. The minimum absolute atomic E-state index is 0.248. The van der Waals surface area contributed by atoms with Gasteiger partial charge in [-0.25, -0.2) is 13.2 Å². The summed E-state index contributed by atoms with van der Waals surface area (Å²) in [6, 6.07) is 20.7. The zero-order chi connectivity index (χ0) is 24.8. The van der Waals surface area contributed by atoms with Crippen molar-refractivity contribution in [1.29, 1.82) is 5.26 Å². The van der Waals surface area contributed by atoms with Gasteiger partial charge in [-0.3, -0.25) is 0 Å². The molecule has 0 amide bonds. The topological polar surface area (TPSA) is 23.8 Å². The smallest absolute Gasteiger partial charge is 0.144 e. The number of hydrogen-bond donors (Lipinski definition) is 0. The lowest BCUT2D eigenvalue weighted by molar-refractivity contribution is 0.572. The zero-order valence-electron chi connectivity index (χ0n) is 19.0. The Labute approximate surface area is 203 Å². The van der Waals surface area contributed by atoms with E-state index in [0.29, 0.717) is 16.5 Å². The third-order valence-corrected chi connectivity index (χ3v) is 5.87. The first-order chi connectivity index (χ1) is 17.0. The summed E-state index contributed by atoms with van der Waals surface area (Å²) >= 11 is 0. The van der Waals surface area contributed by atoms with Crippen molar-refractivity contribution in [2.45, 2.75) is 25.7 Å². The van der Waals surface area contributed by atoms with Crippen molar-refractivity contribution in [2.75, 3.05) is 0 Å². The van der Waals surface area contributed by atoms with E-state index in [2.05, 4.69) is 30.6 Å². The molecule has 4 aromatic rings. The second kappa shape index (κ2) is 10.8. The van der Waals surface area contributed by atoms with E-state index in [4.69, 9.17) is 5.26 Å². The van der Waals surface area contributed by atoms with Crippen molar-refractivity contribution in [3.8, 4) is 17.9 Å². The Kier molecular flexibility index (Phi) is 7.34. The molecule has 0 fully saturated rings. The molecule has 0 unspecified atom stereocenters. The van der Waals surface area contributed by atoms with Gasteiger partial charge in [0.2, 0.25) is 0 Å². The first kappa shape index (κ1) is 23.9. The lowest BCUT2D eigenvalue weighted by atomic mass is 9.98. The number of rotatable bonds is 6. The van der Waals surface area contributed by atoms with E-state index in [1.54, 1.807) is 18.2 Å². The van der Waals surface area contributed by atoms with Gasteiger partial charge in [0.05, 0.1) is 0 Å². The Morgan fingerprint density at radius 3 is 2.11 bits per heavy atom. The van der Waals surface area contributed by atoms with Crippen LogP contribution in [-0.4, -0.2) is 0 Å². The number of benzene rings is 4. The fourth-order valence-electron chi connectivity index (χ4n) is 3.93. The Morgan fingerprint density at radius 1 is 0.743 bits per heavy atom. The van der Waals surface area contributed by atoms with Gasteiger partial charge in [0.15, 0.2) is 0 Å². The second-order valence-electron chi connectivity index (χ2n) is 8.30. The number of fused-ring (bicyclic) bond motifs is 1. The van der Waals surface area contributed by atoms with Crippen molar-refractivity contribution < 1.29 is 13.2 Å². The first-order valence-electron chi connectivity index (χ1n) is 11.3. The number of halogens is 3. The Morgan fingerprint density at radius 2 is 1.43 bits per heavy atom. The standard InChI is InChI=1S/C31H22F3N/c1-2-3-4-21-5-7-22(8-6-21)9-10-23-12-16-27-26(17-23)15-14-25(31(27)34)13-11-24-18-29(32)28(20-35)30(33)19-24/h2,5-8,12,14-19H,1,3-4,11,13H2.